The Hall–Kier alpha value is -2.50. The second-order valence-corrected chi connectivity index (χ2v) is 5.85. The normalized spacial score (nSPS) is 17.9. The lowest BCUT2D eigenvalue weighted by atomic mass is 9.62. The van der Waals surface area contributed by atoms with E-state index in [2.05, 4.69) is 27.6 Å². The van der Waals surface area contributed by atoms with E-state index in [-0.39, 0.29) is 18.1 Å². The summed E-state index contributed by atoms with van der Waals surface area (Å²) in [6.45, 7) is 1.76. The van der Waals surface area contributed by atoms with Crippen LogP contribution in [0.2, 0.25) is 0 Å². The van der Waals surface area contributed by atoms with Gasteiger partial charge in [0, 0.05) is 24.1 Å². The third-order valence-electron chi connectivity index (χ3n) is 4.53. The minimum atomic E-state index is -0.121. The maximum absolute atomic E-state index is 11.2. The number of aromatic amines is 1. The van der Waals surface area contributed by atoms with Crippen LogP contribution in [0.25, 0.3) is 0 Å². The third-order valence-corrected chi connectivity index (χ3v) is 4.53. The van der Waals surface area contributed by atoms with Crippen LogP contribution in [0.15, 0.2) is 24.3 Å². The van der Waals surface area contributed by atoms with Crippen molar-refractivity contribution in [3.8, 4) is 11.5 Å². The number of nitrogens with one attached hydrogen (secondary N) is 2. The van der Waals surface area contributed by atoms with Gasteiger partial charge in [-0.1, -0.05) is 12.5 Å². The Labute approximate surface area is 127 Å². The number of hydrogen-bond acceptors (Lipinski definition) is 4. The van der Waals surface area contributed by atoms with Crippen molar-refractivity contribution in [2.75, 3.05) is 12.1 Å². The number of anilines is 1. The van der Waals surface area contributed by atoms with Crippen LogP contribution in [0.4, 0.5) is 5.82 Å². The number of benzene rings is 1. The van der Waals surface area contributed by atoms with E-state index in [1.54, 1.807) is 0 Å². The largest absolute Gasteiger partial charge is 0.454 e. The SMILES string of the molecule is CC(=O)Nc1cc(C2(c3ccc4c(c3)OCO4)CCC2)[nH]n1. The topological polar surface area (TPSA) is 76.2 Å². The first kappa shape index (κ1) is 13.2. The zero-order valence-electron chi connectivity index (χ0n) is 12.3. The Morgan fingerprint density at radius 1 is 1.27 bits per heavy atom. The van der Waals surface area contributed by atoms with E-state index in [0.29, 0.717) is 5.82 Å². The molecule has 0 spiro atoms. The number of nitrogens with zero attached hydrogens (tertiary/aromatic N) is 1. The van der Waals surface area contributed by atoms with E-state index in [1.807, 2.05) is 12.1 Å². The summed E-state index contributed by atoms with van der Waals surface area (Å²) in [5.74, 6) is 2.03. The average Bonchev–Trinajstić information content (AvgIpc) is 3.06. The third kappa shape index (κ3) is 1.94. The first-order chi connectivity index (χ1) is 10.7. The van der Waals surface area contributed by atoms with Crippen LogP contribution in [0.1, 0.15) is 37.4 Å². The van der Waals surface area contributed by atoms with Gasteiger partial charge < -0.3 is 14.8 Å². The molecular weight excluding hydrogens is 282 g/mol. The fourth-order valence-corrected chi connectivity index (χ4v) is 3.25. The van der Waals surface area contributed by atoms with Gasteiger partial charge in [0.25, 0.3) is 0 Å². The lowest BCUT2D eigenvalue weighted by Gasteiger charge is -2.41. The van der Waals surface area contributed by atoms with Gasteiger partial charge in [0.1, 0.15) is 0 Å². The van der Waals surface area contributed by atoms with Crippen molar-refractivity contribution in [1.29, 1.82) is 0 Å². The molecule has 22 heavy (non-hydrogen) atoms. The van der Waals surface area contributed by atoms with Gasteiger partial charge in [0.05, 0.1) is 0 Å². The monoisotopic (exact) mass is 299 g/mol. The molecule has 0 saturated heterocycles. The molecule has 2 aliphatic rings. The van der Waals surface area contributed by atoms with Crippen molar-refractivity contribution in [3.63, 3.8) is 0 Å². The number of H-pyrrole nitrogens is 1. The number of amides is 1. The van der Waals surface area contributed by atoms with Gasteiger partial charge in [-0.25, -0.2) is 0 Å². The van der Waals surface area contributed by atoms with Crippen molar-refractivity contribution in [2.45, 2.75) is 31.6 Å². The molecule has 0 radical (unpaired) electrons. The van der Waals surface area contributed by atoms with Gasteiger partial charge in [-0.05, 0) is 30.5 Å². The number of ether oxygens (including phenoxy) is 2. The predicted molar refractivity (Wildman–Crippen MR) is 80.1 cm³/mol. The molecule has 1 aliphatic carbocycles. The van der Waals surface area contributed by atoms with Gasteiger partial charge in [0.15, 0.2) is 17.3 Å². The summed E-state index contributed by atoms with van der Waals surface area (Å²) >= 11 is 0. The van der Waals surface area contributed by atoms with Crippen molar-refractivity contribution in [3.05, 3.63) is 35.5 Å². The highest BCUT2D eigenvalue weighted by Crippen LogP contribution is 2.50. The van der Waals surface area contributed by atoms with Gasteiger partial charge >= 0.3 is 0 Å². The highest BCUT2D eigenvalue weighted by molar-refractivity contribution is 5.87. The first-order valence-corrected chi connectivity index (χ1v) is 7.41. The van der Waals surface area contributed by atoms with Gasteiger partial charge in [-0.15, -0.1) is 0 Å². The smallest absolute Gasteiger partial charge is 0.231 e. The number of fused-ring (bicyclic) bond motifs is 1. The molecule has 1 aromatic heterocycles. The Morgan fingerprint density at radius 3 is 2.82 bits per heavy atom. The number of carbonyl (C=O) groups is 1. The lowest BCUT2D eigenvalue weighted by Crippen LogP contribution is -2.35. The number of aromatic nitrogens is 2. The average molecular weight is 299 g/mol. The Kier molecular flexibility index (Phi) is 2.85. The molecule has 0 bridgehead atoms. The molecule has 1 amide bonds. The van der Waals surface area contributed by atoms with Gasteiger partial charge in [-0.3, -0.25) is 9.89 Å². The van der Waals surface area contributed by atoms with Crippen LogP contribution in [0.5, 0.6) is 11.5 Å². The van der Waals surface area contributed by atoms with Crippen molar-refractivity contribution in [1.82, 2.24) is 10.2 Å². The molecule has 1 saturated carbocycles. The molecule has 0 atom stereocenters. The van der Waals surface area contributed by atoms with Crippen molar-refractivity contribution in [2.24, 2.45) is 0 Å². The lowest BCUT2D eigenvalue weighted by molar-refractivity contribution is -0.114. The summed E-state index contributed by atoms with van der Waals surface area (Å²) in [5.41, 5.74) is 2.15. The summed E-state index contributed by atoms with van der Waals surface area (Å²) < 4.78 is 10.9. The van der Waals surface area contributed by atoms with Crippen LogP contribution in [0, 0.1) is 0 Å². The van der Waals surface area contributed by atoms with E-state index in [1.165, 1.54) is 18.9 Å². The highest BCUT2D eigenvalue weighted by Gasteiger charge is 2.42. The zero-order chi connectivity index (χ0) is 15.2. The summed E-state index contributed by atoms with van der Waals surface area (Å²) in [4.78, 5) is 11.2. The number of rotatable bonds is 3. The van der Waals surface area contributed by atoms with Crippen LogP contribution in [-0.4, -0.2) is 22.9 Å². The molecule has 1 fully saturated rings. The van der Waals surface area contributed by atoms with Crippen molar-refractivity contribution >= 4 is 11.7 Å². The van der Waals surface area contributed by atoms with E-state index < -0.39 is 0 Å². The molecular formula is C16H17N3O3. The quantitative estimate of drug-likeness (QED) is 0.913. The minimum Gasteiger partial charge on any atom is -0.454 e. The number of carbonyl (C=O) groups excluding carboxylic acids is 1. The van der Waals surface area contributed by atoms with E-state index in [0.717, 1.165) is 30.0 Å². The maximum atomic E-state index is 11.2. The molecule has 0 unspecified atom stereocenters. The molecule has 2 heterocycles. The molecule has 114 valence electrons. The van der Waals surface area contributed by atoms with Crippen molar-refractivity contribution < 1.29 is 14.3 Å². The summed E-state index contributed by atoms with van der Waals surface area (Å²) in [5, 5.41) is 9.99. The van der Waals surface area contributed by atoms with Crippen LogP contribution >= 0.6 is 0 Å². The Bertz CT molecular complexity index is 734. The van der Waals surface area contributed by atoms with Crippen LogP contribution < -0.4 is 14.8 Å². The molecule has 4 rings (SSSR count). The zero-order valence-corrected chi connectivity index (χ0v) is 12.3. The first-order valence-electron chi connectivity index (χ1n) is 7.41. The molecule has 2 aromatic rings. The van der Waals surface area contributed by atoms with E-state index in [4.69, 9.17) is 9.47 Å². The molecule has 1 aromatic carbocycles. The van der Waals surface area contributed by atoms with E-state index >= 15 is 0 Å². The van der Waals surface area contributed by atoms with Gasteiger partial charge in [0.2, 0.25) is 12.7 Å². The molecule has 6 nitrogen and oxygen atoms in total. The van der Waals surface area contributed by atoms with Gasteiger partial charge in [-0.2, -0.15) is 5.10 Å². The van der Waals surface area contributed by atoms with Crippen LogP contribution in [-0.2, 0) is 10.2 Å². The second-order valence-electron chi connectivity index (χ2n) is 5.85. The second kappa shape index (κ2) is 4.76. The standard InChI is InChI=1S/C16H17N3O3/c1-10(20)17-15-8-14(18-19-15)16(5-2-6-16)11-3-4-12-13(7-11)22-9-21-12/h3-4,7-8H,2,5-6,9H2,1H3,(H2,17,18,19,20). The number of hydrogen-bond donors (Lipinski definition) is 2. The summed E-state index contributed by atoms with van der Waals surface area (Å²) in [6.07, 6.45) is 3.27. The molecule has 6 heteroatoms. The summed E-state index contributed by atoms with van der Waals surface area (Å²) in [7, 11) is 0. The predicted octanol–water partition coefficient (Wildman–Crippen LogP) is 2.57. The molecule has 1 aliphatic heterocycles. The fourth-order valence-electron chi connectivity index (χ4n) is 3.25. The van der Waals surface area contributed by atoms with E-state index in [9.17, 15) is 4.79 Å². The van der Waals surface area contributed by atoms with Crippen LogP contribution in [0.3, 0.4) is 0 Å². The summed E-state index contributed by atoms with van der Waals surface area (Å²) in [6, 6.07) is 8.03. The maximum Gasteiger partial charge on any atom is 0.231 e. The highest BCUT2D eigenvalue weighted by atomic mass is 16.7. The fraction of sp³-hybridized carbons (Fsp3) is 0.375. The Balaban J connectivity index is 1.70. The minimum absolute atomic E-state index is 0.0787. The molecule has 2 N–H and O–H groups in total. The Morgan fingerprint density at radius 2 is 2.09 bits per heavy atom.